The summed E-state index contributed by atoms with van der Waals surface area (Å²) in [5.74, 6) is 0.509. The molecule has 1 aromatic rings. The number of thiophene rings is 1. The molecule has 1 aromatic heterocycles. The van der Waals surface area contributed by atoms with Crippen LogP contribution in [0.3, 0.4) is 0 Å². The molecule has 2 aliphatic rings. The van der Waals surface area contributed by atoms with Gasteiger partial charge in [0.2, 0.25) is 0 Å². The number of rotatable bonds is 3. The fourth-order valence-corrected chi connectivity index (χ4v) is 4.18. The Balaban J connectivity index is 1.82. The molecule has 3 rings (SSSR count). The van der Waals surface area contributed by atoms with Gasteiger partial charge in [0.05, 0.1) is 15.6 Å². The van der Waals surface area contributed by atoms with E-state index < -0.39 is 0 Å². The second-order valence-electron chi connectivity index (χ2n) is 6.17. The highest BCUT2D eigenvalue weighted by Crippen LogP contribution is 2.40. The largest absolute Gasteiger partial charge is 0.397 e. The van der Waals surface area contributed by atoms with E-state index in [0.717, 1.165) is 48.8 Å². The van der Waals surface area contributed by atoms with Gasteiger partial charge in [-0.1, -0.05) is 0 Å². The van der Waals surface area contributed by atoms with Crippen LogP contribution in [0.2, 0.25) is 0 Å². The second kappa shape index (κ2) is 5.37. The third kappa shape index (κ3) is 2.69. The van der Waals surface area contributed by atoms with Crippen LogP contribution >= 0.6 is 11.3 Å². The van der Waals surface area contributed by atoms with Crippen molar-refractivity contribution < 1.29 is 4.79 Å². The number of nitrogens with zero attached hydrogens (tertiary/aromatic N) is 2. The zero-order chi connectivity index (χ0) is 14.3. The van der Waals surface area contributed by atoms with Gasteiger partial charge in [-0.15, -0.1) is 11.3 Å². The van der Waals surface area contributed by atoms with Gasteiger partial charge in [0.1, 0.15) is 0 Å². The first kappa shape index (κ1) is 13.9. The van der Waals surface area contributed by atoms with E-state index in [4.69, 9.17) is 5.73 Å². The minimum Gasteiger partial charge on any atom is -0.397 e. The van der Waals surface area contributed by atoms with Crippen LogP contribution in [0.4, 0.5) is 10.7 Å². The normalized spacial score (nSPS) is 24.7. The van der Waals surface area contributed by atoms with Gasteiger partial charge in [-0.05, 0) is 45.8 Å². The van der Waals surface area contributed by atoms with Crippen LogP contribution in [0.5, 0.6) is 0 Å². The first-order valence-electron chi connectivity index (χ1n) is 7.45. The molecule has 2 heterocycles. The molecule has 0 radical (unpaired) electrons. The lowest BCUT2D eigenvalue weighted by Gasteiger charge is -2.28. The van der Waals surface area contributed by atoms with Gasteiger partial charge in [-0.25, -0.2) is 0 Å². The molecule has 1 saturated heterocycles. The van der Waals surface area contributed by atoms with E-state index >= 15 is 0 Å². The van der Waals surface area contributed by atoms with Crippen LogP contribution in [-0.4, -0.2) is 43.4 Å². The fourth-order valence-electron chi connectivity index (χ4n) is 2.96. The molecule has 1 aliphatic heterocycles. The lowest BCUT2D eigenvalue weighted by Crippen LogP contribution is -2.37. The molecule has 4 nitrogen and oxygen atoms in total. The van der Waals surface area contributed by atoms with Crippen molar-refractivity contribution >= 4 is 27.8 Å². The van der Waals surface area contributed by atoms with E-state index in [1.54, 1.807) is 11.3 Å². The molecule has 5 heteroatoms. The summed E-state index contributed by atoms with van der Waals surface area (Å²) in [6, 6.07) is 2.46. The van der Waals surface area contributed by atoms with E-state index in [2.05, 4.69) is 23.8 Å². The standard InChI is InChI=1S/C15H23N3OS/c1-10-9-17(2)6-3-7-18(10)13-8-12(16)15(20-13)14(19)11-4-5-11/h8,10-11H,3-7,9,16H2,1-2H3. The van der Waals surface area contributed by atoms with Gasteiger partial charge in [-0.3, -0.25) is 4.79 Å². The van der Waals surface area contributed by atoms with Crippen molar-refractivity contribution in [1.82, 2.24) is 4.90 Å². The van der Waals surface area contributed by atoms with E-state index in [9.17, 15) is 4.79 Å². The highest BCUT2D eigenvalue weighted by molar-refractivity contribution is 7.18. The molecule has 0 amide bonds. The SMILES string of the molecule is CC1CN(C)CCCN1c1cc(N)c(C(=O)C2CC2)s1. The second-order valence-corrected chi connectivity index (χ2v) is 7.20. The Kier molecular flexibility index (Phi) is 3.73. The van der Waals surface area contributed by atoms with Crippen molar-refractivity contribution in [3.05, 3.63) is 10.9 Å². The third-order valence-electron chi connectivity index (χ3n) is 4.25. The molecule has 2 N–H and O–H groups in total. The number of ketones is 1. The summed E-state index contributed by atoms with van der Waals surface area (Å²) in [7, 11) is 2.17. The molecule has 2 fully saturated rings. The lowest BCUT2D eigenvalue weighted by molar-refractivity contribution is 0.0972. The number of hydrogen-bond acceptors (Lipinski definition) is 5. The fraction of sp³-hybridized carbons (Fsp3) is 0.667. The Bertz CT molecular complexity index is 509. The average molecular weight is 293 g/mol. The topological polar surface area (TPSA) is 49.6 Å². The Labute approximate surface area is 124 Å². The minimum absolute atomic E-state index is 0.247. The maximum absolute atomic E-state index is 12.2. The molecular formula is C15H23N3OS. The summed E-state index contributed by atoms with van der Waals surface area (Å²) in [5, 5.41) is 1.16. The predicted octanol–water partition coefficient (Wildman–Crippen LogP) is 2.45. The van der Waals surface area contributed by atoms with Crippen molar-refractivity contribution in [2.24, 2.45) is 5.92 Å². The quantitative estimate of drug-likeness (QED) is 0.870. The maximum atomic E-state index is 12.2. The van der Waals surface area contributed by atoms with E-state index in [1.165, 1.54) is 0 Å². The minimum atomic E-state index is 0.247. The van der Waals surface area contributed by atoms with Crippen molar-refractivity contribution in [3.8, 4) is 0 Å². The molecule has 1 atom stereocenters. The average Bonchev–Trinajstić information content (AvgIpc) is 3.18. The van der Waals surface area contributed by atoms with Crippen LogP contribution in [0.25, 0.3) is 0 Å². The molecular weight excluding hydrogens is 270 g/mol. The highest BCUT2D eigenvalue weighted by atomic mass is 32.1. The summed E-state index contributed by atoms with van der Waals surface area (Å²) in [6.45, 7) is 5.49. The van der Waals surface area contributed by atoms with E-state index in [0.29, 0.717) is 11.7 Å². The van der Waals surface area contributed by atoms with Gasteiger partial charge in [0.25, 0.3) is 0 Å². The summed E-state index contributed by atoms with van der Waals surface area (Å²) in [4.78, 5) is 17.8. The van der Waals surface area contributed by atoms with Gasteiger partial charge in [0.15, 0.2) is 5.78 Å². The molecule has 1 saturated carbocycles. The number of likely N-dealkylation sites (N-methyl/N-ethyl adjacent to an activating group) is 1. The molecule has 0 aromatic carbocycles. The molecule has 110 valence electrons. The maximum Gasteiger partial charge on any atom is 0.178 e. The van der Waals surface area contributed by atoms with Crippen molar-refractivity contribution in [2.75, 3.05) is 37.3 Å². The summed E-state index contributed by atoms with van der Waals surface area (Å²) in [6.07, 6.45) is 3.23. The zero-order valence-corrected chi connectivity index (χ0v) is 13.1. The Morgan fingerprint density at radius 1 is 1.40 bits per heavy atom. The summed E-state index contributed by atoms with van der Waals surface area (Å²) in [5.41, 5.74) is 6.75. The number of nitrogens with two attached hydrogens (primary N) is 1. The molecule has 20 heavy (non-hydrogen) atoms. The molecule has 1 aliphatic carbocycles. The molecule has 1 unspecified atom stereocenters. The van der Waals surface area contributed by atoms with Crippen molar-refractivity contribution in [2.45, 2.75) is 32.2 Å². The molecule has 0 bridgehead atoms. The van der Waals surface area contributed by atoms with Gasteiger partial charge in [-0.2, -0.15) is 0 Å². The smallest absolute Gasteiger partial charge is 0.178 e. The van der Waals surface area contributed by atoms with Crippen LogP contribution in [0.15, 0.2) is 6.07 Å². The van der Waals surface area contributed by atoms with Crippen molar-refractivity contribution in [3.63, 3.8) is 0 Å². The van der Waals surface area contributed by atoms with E-state index in [-0.39, 0.29) is 11.7 Å². The first-order chi connectivity index (χ1) is 9.56. The predicted molar refractivity (Wildman–Crippen MR) is 84.7 cm³/mol. The van der Waals surface area contributed by atoms with Crippen LogP contribution < -0.4 is 10.6 Å². The van der Waals surface area contributed by atoms with Crippen LogP contribution in [0, 0.1) is 5.92 Å². The van der Waals surface area contributed by atoms with Crippen molar-refractivity contribution in [1.29, 1.82) is 0 Å². The first-order valence-corrected chi connectivity index (χ1v) is 8.26. The van der Waals surface area contributed by atoms with Gasteiger partial charge < -0.3 is 15.5 Å². The molecule has 0 spiro atoms. The monoisotopic (exact) mass is 293 g/mol. The highest BCUT2D eigenvalue weighted by Gasteiger charge is 2.33. The number of anilines is 2. The summed E-state index contributed by atoms with van der Waals surface area (Å²) < 4.78 is 0. The third-order valence-corrected chi connectivity index (χ3v) is 5.45. The van der Waals surface area contributed by atoms with Crippen LogP contribution in [-0.2, 0) is 0 Å². The number of carbonyl (C=O) groups excluding carboxylic acids is 1. The Hall–Kier alpha value is -1.07. The van der Waals surface area contributed by atoms with Crippen LogP contribution in [0.1, 0.15) is 35.9 Å². The number of carbonyl (C=O) groups is 1. The number of nitrogen functional groups attached to an aromatic ring is 1. The Morgan fingerprint density at radius 3 is 2.85 bits per heavy atom. The van der Waals surface area contributed by atoms with Gasteiger partial charge >= 0.3 is 0 Å². The lowest BCUT2D eigenvalue weighted by atomic mass is 10.2. The summed E-state index contributed by atoms with van der Waals surface area (Å²) >= 11 is 1.59. The zero-order valence-electron chi connectivity index (χ0n) is 12.3. The van der Waals surface area contributed by atoms with Gasteiger partial charge in [0, 0.05) is 25.0 Å². The van der Waals surface area contributed by atoms with E-state index in [1.807, 2.05) is 6.07 Å². The number of hydrogen-bond donors (Lipinski definition) is 1. The number of Topliss-reactive ketones (excluding diaryl/α,β-unsaturated/α-hetero) is 1. The Morgan fingerprint density at radius 2 is 2.15 bits per heavy atom.